The number of aliphatic carboxylic acids is 1. The second kappa shape index (κ2) is 9.73. The number of carbonyl (C=O) groups excluding carboxylic acids is 1. The number of nitrogens with zero attached hydrogens (tertiary/aromatic N) is 1. The molecule has 0 saturated carbocycles. The Morgan fingerprint density at radius 3 is 2.65 bits per heavy atom. The van der Waals surface area contributed by atoms with Crippen molar-refractivity contribution in [1.29, 1.82) is 0 Å². The SMILES string of the molecule is Cc1nc(CSc2ccccc2C(=O)NCC(CC(C)C)C(=O)O)cs1. The fourth-order valence-electron chi connectivity index (χ4n) is 2.56. The molecule has 0 saturated heterocycles. The molecule has 0 aliphatic rings. The zero-order chi connectivity index (χ0) is 19.1. The van der Waals surface area contributed by atoms with E-state index in [9.17, 15) is 14.7 Å². The van der Waals surface area contributed by atoms with Crippen molar-refractivity contribution in [3.05, 3.63) is 45.9 Å². The number of carboxylic acid groups (broad SMARTS) is 1. The van der Waals surface area contributed by atoms with E-state index < -0.39 is 11.9 Å². The Kier molecular flexibility index (Phi) is 7.66. The molecule has 0 spiro atoms. The van der Waals surface area contributed by atoms with Crippen molar-refractivity contribution < 1.29 is 14.7 Å². The molecule has 0 aliphatic carbocycles. The van der Waals surface area contributed by atoms with Crippen LogP contribution in [0.5, 0.6) is 0 Å². The van der Waals surface area contributed by atoms with Crippen LogP contribution in [-0.4, -0.2) is 28.5 Å². The molecule has 1 aromatic heterocycles. The minimum atomic E-state index is -0.874. The maximum Gasteiger partial charge on any atom is 0.308 e. The number of benzene rings is 1. The van der Waals surface area contributed by atoms with E-state index in [1.54, 1.807) is 29.2 Å². The number of amides is 1. The second-order valence-corrected chi connectivity index (χ2v) is 8.60. The van der Waals surface area contributed by atoms with Crippen LogP contribution in [0.15, 0.2) is 34.5 Å². The first-order valence-electron chi connectivity index (χ1n) is 8.50. The van der Waals surface area contributed by atoms with E-state index in [0.717, 1.165) is 15.6 Å². The van der Waals surface area contributed by atoms with Crippen molar-refractivity contribution in [3.63, 3.8) is 0 Å². The first-order valence-corrected chi connectivity index (χ1v) is 10.4. The number of hydrogen-bond donors (Lipinski definition) is 2. The zero-order valence-corrected chi connectivity index (χ0v) is 16.8. The van der Waals surface area contributed by atoms with E-state index in [1.165, 1.54) is 0 Å². The Hall–Kier alpha value is -1.86. The van der Waals surface area contributed by atoms with E-state index in [0.29, 0.717) is 17.7 Å². The van der Waals surface area contributed by atoms with Crippen LogP contribution in [0.4, 0.5) is 0 Å². The number of nitrogens with one attached hydrogen (secondary N) is 1. The van der Waals surface area contributed by atoms with E-state index >= 15 is 0 Å². The van der Waals surface area contributed by atoms with Crippen LogP contribution < -0.4 is 5.32 Å². The van der Waals surface area contributed by atoms with Gasteiger partial charge in [-0.2, -0.15) is 0 Å². The number of rotatable bonds is 9. The summed E-state index contributed by atoms with van der Waals surface area (Å²) in [5.74, 6) is -0.730. The molecule has 1 aromatic carbocycles. The molecular weight excluding hydrogens is 368 g/mol. The first-order chi connectivity index (χ1) is 12.4. The fourth-order valence-corrected chi connectivity index (χ4v) is 4.22. The molecule has 26 heavy (non-hydrogen) atoms. The number of thiazole rings is 1. The lowest BCUT2D eigenvalue weighted by atomic mass is 9.97. The number of carbonyl (C=O) groups is 2. The van der Waals surface area contributed by atoms with Gasteiger partial charge in [0.25, 0.3) is 5.91 Å². The molecule has 0 aliphatic heterocycles. The quantitative estimate of drug-likeness (QED) is 0.625. The summed E-state index contributed by atoms with van der Waals surface area (Å²) >= 11 is 3.17. The van der Waals surface area contributed by atoms with Crippen LogP contribution >= 0.6 is 23.1 Å². The Morgan fingerprint density at radius 2 is 2.04 bits per heavy atom. The Balaban J connectivity index is 2.00. The average molecular weight is 393 g/mol. The van der Waals surface area contributed by atoms with Gasteiger partial charge in [0.15, 0.2) is 0 Å². The highest BCUT2D eigenvalue weighted by atomic mass is 32.2. The van der Waals surface area contributed by atoms with Crippen LogP contribution in [-0.2, 0) is 10.5 Å². The van der Waals surface area contributed by atoms with Gasteiger partial charge in [-0.1, -0.05) is 26.0 Å². The van der Waals surface area contributed by atoms with Crippen LogP contribution in [0, 0.1) is 18.8 Å². The Labute approximate surface area is 162 Å². The van der Waals surface area contributed by atoms with Crippen LogP contribution in [0.1, 0.15) is 41.3 Å². The Morgan fingerprint density at radius 1 is 1.31 bits per heavy atom. The third-order valence-corrected chi connectivity index (χ3v) is 5.72. The monoisotopic (exact) mass is 392 g/mol. The summed E-state index contributed by atoms with van der Waals surface area (Å²) in [5, 5.41) is 15.1. The van der Waals surface area contributed by atoms with Gasteiger partial charge < -0.3 is 10.4 Å². The first kappa shape index (κ1) is 20.5. The van der Waals surface area contributed by atoms with Crippen molar-refractivity contribution >= 4 is 35.0 Å². The maximum absolute atomic E-state index is 12.6. The van der Waals surface area contributed by atoms with Gasteiger partial charge in [0.2, 0.25) is 0 Å². The van der Waals surface area contributed by atoms with E-state index in [1.807, 2.05) is 44.4 Å². The van der Waals surface area contributed by atoms with Gasteiger partial charge in [-0.25, -0.2) is 4.98 Å². The topological polar surface area (TPSA) is 79.3 Å². The number of aromatic nitrogens is 1. The maximum atomic E-state index is 12.6. The van der Waals surface area contributed by atoms with Gasteiger partial charge in [0.1, 0.15) is 0 Å². The molecule has 2 N–H and O–H groups in total. The second-order valence-electron chi connectivity index (χ2n) is 6.52. The third-order valence-electron chi connectivity index (χ3n) is 3.79. The van der Waals surface area contributed by atoms with Crippen LogP contribution in [0.3, 0.4) is 0 Å². The minimum absolute atomic E-state index is 0.136. The normalized spacial score (nSPS) is 12.2. The lowest BCUT2D eigenvalue weighted by Gasteiger charge is -2.16. The summed E-state index contributed by atoms with van der Waals surface area (Å²) in [4.78, 5) is 29.2. The van der Waals surface area contributed by atoms with E-state index in [2.05, 4.69) is 10.3 Å². The highest BCUT2D eigenvalue weighted by Crippen LogP contribution is 2.27. The summed E-state index contributed by atoms with van der Waals surface area (Å²) < 4.78 is 0. The summed E-state index contributed by atoms with van der Waals surface area (Å²) in [7, 11) is 0. The summed E-state index contributed by atoms with van der Waals surface area (Å²) in [6, 6.07) is 7.38. The molecule has 1 amide bonds. The molecule has 1 unspecified atom stereocenters. The van der Waals surface area contributed by atoms with Crippen molar-refractivity contribution in [2.24, 2.45) is 11.8 Å². The third kappa shape index (κ3) is 6.14. The number of carboxylic acids is 1. The predicted octanol–water partition coefficient (Wildman–Crippen LogP) is 4.22. The van der Waals surface area contributed by atoms with Crippen LogP contribution in [0.25, 0.3) is 0 Å². The molecule has 0 fully saturated rings. The van der Waals surface area contributed by atoms with Gasteiger partial charge >= 0.3 is 5.97 Å². The zero-order valence-electron chi connectivity index (χ0n) is 15.2. The molecule has 140 valence electrons. The average Bonchev–Trinajstić information content (AvgIpc) is 3.01. The predicted molar refractivity (Wildman–Crippen MR) is 106 cm³/mol. The van der Waals surface area contributed by atoms with Gasteiger partial charge in [-0.3, -0.25) is 9.59 Å². The standard InChI is InChI=1S/C19H24N2O3S2/c1-12(2)8-14(19(23)24)9-20-18(22)16-6-4-5-7-17(16)26-11-15-10-25-13(3)21-15/h4-7,10,12,14H,8-9,11H2,1-3H3,(H,20,22)(H,23,24). The lowest BCUT2D eigenvalue weighted by Crippen LogP contribution is -2.33. The van der Waals surface area contributed by atoms with Crippen molar-refractivity contribution in [2.75, 3.05) is 6.54 Å². The highest BCUT2D eigenvalue weighted by molar-refractivity contribution is 7.98. The lowest BCUT2D eigenvalue weighted by molar-refractivity contribution is -0.142. The molecule has 1 atom stereocenters. The van der Waals surface area contributed by atoms with Gasteiger partial charge in [0.05, 0.1) is 22.2 Å². The summed E-state index contributed by atoms with van der Waals surface area (Å²) in [6.45, 7) is 6.06. The van der Waals surface area contributed by atoms with Gasteiger partial charge in [0, 0.05) is 22.6 Å². The van der Waals surface area contributed by atoms with Gasteiger partial charge in [-0.05, 0) is 31.4 Å². The van der Waals surface area contributed by atoms with E-state index in [-0.39, 0.29) is 18.4 Å². The number of aryl methyl sites for hydroxylation is 1. The number of hydrogen-bond acceptors (Lipinski definition) is 5. The van der Waals surface area contributed by atoms with Gasteiger partial charge in [-0.15, -0.1) is 23.1 Å². The Bertz CT molecular complexity index is 759. The van der Waals surface area contributed by atoms with Crippen molar-refractivity contribution in [3.8, 4) is 0 Å². The molecule has 7 heteroatoms. The molecule has 0 bridgehead atoms. The van der Waals surface area contributed by atoms with E-state index in [4.69, 9.17) is 0 Å². The summed E-state index contributed by atoms with van der Waals surface area (Å²) in [5.41, 5.74) is 1.56. The summed E-state index contributed by atoms with van der Waals surface area (Å²) in [6.07, 6.45) is 0.537. The molecular formula is C19H24N2O3S2. The molecule has 2 rings (SSSR count). The molecule has 0 radical (unpaired) electrons. The molecule has 5 nitrogen and oxygen atoms in total. The largest absolute Gasteiger partial charge is 0.481 e. The smallest absolute Gasteiger partial charge is 0.308 e. The van der Waals surface area contributed by atoms with Crippen molar-refractivity contribution in [1.82, 2.24) is 10.3 Å². The molecule has 2 aromatic rings. The molecule has 1 heterocycles. The van der Waals surface area contributed by atoms with Crippen molar-refractivity contribution in [2.45, 2.75) is 37.8 Å². The fraction of sp³-hybridized carbons (Fsp3) is 0.421. The highest BCUT2D eigenvalue weighted by Gasteiger charge is 2.20. The minimum Gasteiger partial charge on any atom is -0.481 e. The number of thioether (sulfide) groups is 1. The van der Waals surface area contributed by atoms with Crippen LogP contribution in [0.2, 0.25) is 0 Å².